The normalized spacial score (nSPS) is 10.9. The molecule has 0 unspecified atom stereocenters. The molecule has 0 aliphatic rings. The van der Waals surface area contributed by atoms with E-state index in [1.807, 2.05) is 0 Å². The van der Waals surface area contributed by atoms with Crippen LogP contribution >= 0.6 is 0 Å². The average molecular weight is 396 g/mol. The van der Waals surface area contributed by atoms with Gasteiger partial charge in [-0.25, -0.2) is 0 Å². The van der Waals surface area contributed by atoms with Crippen molar-refractivity contribution in [2.24, 2.45) is 0 Å². The molecule has 2 aromatic carbocycles. The van der Waals surface area contributed by atoms with E-state index in [4.69, 9.17) is 18.9 Å². The Kier molecular flexibility index (Phi) is 8.03. The molecule has 0 spiro atoms. The van der Waals surface area contributed by atoms with Crippen LogP contribution < -0.4 is 18.9 Å². The van der Waals surface area contributed by atoms with Crippen LogP contribution in [-0.4, -0.2) is 40.0 Å². The van der Waals surface area contributed by atoms with E-state index in [1.54, 1.807) is 77.0 Å². The van der Waals surface area contributed by atoms with Crippen LogP contribution in [0.15, 0.2) is 48.6 Å². The maximum atomic E-state index is 12.2. The van der Waals surface area contributed by atoms with Gasteiger partial charge in [0, 0.05) is 11.1 Å². The van der Waals surface area contributed by atoms with Gasteiger partial charge in [0.15, 0.2) is 11.6 Å². The Morgan fingerprint density at radius 3 is 1.45 bits per heavy atom. The highest BCUT2D eigenvalue weighted by Gasteiger charge is 2.07. The van der Waals surface area contributed by atoms with Crippen LogP contribution in [0.25, 0.3) is 12.2 Å². The molecule has 0 aromatic heterocycles. The summed E-state index contributed by atoms with van der Waals surface area (Å²) < 4.78 is 20.9. The number of benzene rings is 2. The molecule has 0 aliphatic carbocycles. The molecule has 152 valence electrons. The fourth-order valence-electron chi connectivity index (χ4n) is 2.59. The first-order valence-electron chi connectivity index (χ1n) is 8.86. The second-order valence-electron chi connectivity index (χ2n) is 5.99. The molecular formula is C23H24O6. The lowest BCUT2D eigenvalue weighted by Gasteiger charge is -2.07. The third-order valence-electron chi connectivity index (χ3n) is 4.12. The predicted molar refractivity (Wildman–Crippen MR) is 112 cm³/mol. The van der Waals surface area contributed by atoms with Gasteiger partial charge < -0.3 is 18.9 Å². The van der Waals surface area contributed by atoms with Crippen molar-refractivity contribution >= 4 is 23.7 Å². The molecule has 0 amide bonds. The summed E-state index contributed by atoms with van der Waals surface area (Å²) in [5, 5.41) is 0. The van der Waals surface area contributed by atoms with Crippen LogP contribution in [-0.2, 0) is 9.59 Å². The Balaban J connectivity index is 2.05. The van der Waals surface area contributed by atoms with Gasteiger partial charge in [0.25, 0.3) is 0 Å². The van der Waals surface area contributed by atoms with E-state index in [-0.39, 0.29) is 18.0 Å². The molecule has 0 bridgehead atoms. The first kappa shape index (κ1) is 21.8. The fourth-order valence-corrected chi connectivity index (χ4v) is 2.59. The zero-order valence-electron chi connectivity index (χ0n) is 16.9. The summed E-state index contributed by atoms with van der Waals surface area (Å²) in [5.41, 5.74) is 1.37. The second kappa shape index (κ2) is 10.7. The Bertz CT molecular complexity index is 851. The number of hydrogen-bond acceptors (Lipinski definition) is 6. The van der Waals surface area contributed by atoms with Crippen LogP contribution in [0.4, 0.5) is 0 Å². The van der Waals surface area contributed by atoms with E-state index in [9.17, 15) is 9.59 Å². The third kappa shape index (κ3) is 6.24. The molecule has 0 heterocycles. The topological polar surface area (TPSA) is 71.1 Å². The summed E-state index contributed by atoms with van der Waals surface area (Å²) in [6, 6.07) is 10.5. The minimum atomic E-state index is -0.317. The summed E-state index contributed by atoms with van der Waals surface area (Å²) in [5.74, 6) is 1.86. The van der Waals surface area contributed by atoms with Crippen LogP contribution in [0, 0.1) is 0 Å². The zero-order chi connectivity index (χ0) is 21.2. The van der Waals surface area contributed by atoms with Crippen molar-refractivity contribution in [1.82, 2.24) is 0 Å². The van der Waals surface area contributed by atoms with Crippen LogP contribution in [0.2, 0.25) is 0 Å². The minimum Gasteiger partial charge on any atom is -0.497 e. The summed E-state index contributed by atoms with van der Waals surface area (Å²) in [6.07, 6.45) is 5.67. The summed E-state index contributed by atoms with van der Waals surface area (Å²) in [6.45, 7) is 0. The average Bonchev–Trinajstić information content (AvgIpc) is 2.75. The molecule has 0 N–H and O–H groups in total. The van der Waals surface area contributed by atoms with Gasteiger partial charge in [-0.1, -0.05) is 0 Å². The van der Waals surface area contributed by atoms with Crippen LogP contribution in [0.5, 0.6) is 23.0 Å². The highest BCUT2D eigenvalue weighted by atomic mass is 16.5. The molecule has 6 heteroatoms. The van der Waals surface area contributed by atoms with Crippen molar-refractivity contribution < 1.29 is 28.5 Å². The van der Waals surface area contributed by atoms with Crippen LogP contribution in [0.1, 0.15) is 17.5 Å². The van der Waals surface area contributed by atoms with Gasteiger partial charge in [0.1, 0.15) is 23.0 Å². The van der Waals surface area contributed by atoms with Gasteiger partial charge in [-0.15, -0.1) is 0 Å². The number of ketones is 2. The molecule has 0 radical (unpaired) electrons. The van der Waals surface area contributed by atoms with Crippen molar-refractivity contribution in [3.8, 4) is 23.0 Å². The first-order valence-corrected chi connectivity index (χ1v) is 8.86. The highest BCUT2D eigenvalue weighted by molar-refractivity contribution is 6.11. The predicted octanol–water partition coefficient (Wildman–Crippen LogP) is 3.98. The first-order chi connectivity index (χ1) is 14.0. The fraction of sp³-hybridized carbons (Fsp3) is 0.217. The van der Waals surface area contributed by atoms with Gasteiger partial charge >= 0.3 is 0 Å². The molecule has 6 nitrogen and oxygen atoms in total. The lowest BCUT2D eigenvalue weighted by molar-refractivity contribution is -0.121. The lowest BCUT2D eigenvalue weighted by Crippen LogP contribution is -2.02. The van der Waals surface area contributed by atoms with E-state index in [0.717, 1.165) is 0 Å². The molecule has 29 heavy (non-hydrogen) atoms. The SMILES string of the molecule is COc1ccc(OC)c(C=CC(=O)CC(=O)C=Cc2cc(OC)ccc2OC)c1. The smallest absolute Gasteiger partial charge is 0.163 e. The Labute approximate surface area is 170 Å². The third-order valence-corrected chi connectivity index (χ3v) is 4.12. The Morgan fingerprint density at radius 2 is 1.10 bits per heavy atom. The Morgan fingerprint density at radius 1 is 0.690 bits per heavy atom. The number of carbonyl (C=O) groups is 2. The maximum absolute atomic E-state index is 12.2. The van der Waals surface area contributed by atoms with E-state index < -0.39 is 0 Å². The van der Waals surface area contributed by atoms with Crippen molar-refractivity contribution in [2.45, 2.75) is 6.42 Å². The molecule has 0 saturated heterocycles. The standard InChI is InChI=1S/C23H24O6/c1-26-20-9-11-22(28-3)16(13-20)5-7-18(24)15-19(25)8-6-17-14-21(27-2)10-12-23(17)29-4/h5-14H,15H2,1-4H3. The summed E-state index contributed by atoms with van der Waals surface area (Å²) in [7, 11) is 6.20. The lowest BCUT2D eigenvalue weighted by atomic mass is 10.1. The van der Waals surface area contributed by atoms with Crippen molar-refractivity contribution in [3.05, 3.63) is 59.7 Å². The number of ether oxygens (including phenoxy) is 4. The molecular weight excluding hydrogens is 372 g/mol. The van der Waals surface area contributed by atoms with E-state index >= 15 is 0 Å². The van der Waals surface area contributed by atoms with Crippen LogP contribution in [0.3, 0.4) is 0 Å². The van der Waals surface area contributed by atoms with Gasteiger partial charge in [0.2, 0.25) is 0 Å². The zero-order valence-corrected chi connectivity index (χ0v) is 16.9. The van der Waals surface area contributed by atoms with Crippen molar-refractivity contribution in [1.29, 1.82) is 0 Å². The van der Waals surface area contributed by atoms with E-state index in [2.05, 4.69) is 0 Å². The molecule has 2 rings (SSSR count). The largest absolute Gasteiger partial charge is 0.497 e. The molecule has 0 aliphatic heterocycles. The number of rotatable bonds is 10. The Hall–Kier alpha value is -3.54. The van der Waals surface area contributed by atoms with E-state index in [0.29, 0.717) is 34.1 Å². The number of hydrogen-bond donors (Lipinski definition) is 0. The monoisotopic (exact) mass is 396 g/mol. The van der Waals surface area contributed by atoms with Gasteiger partial charge in [0.05, 0.1) is 34.9 Å². The minimum absolute atomic E-state index is 0.244. The molecule has 0 saturated carbocycles. The quantitative estimate of drug-likeness (QED) is 0.447. The van der Waals surface area contributed by atoms with E-state index in [1.165, 1.54) is 12.2 Å². The maximum Gasteiger partial charge on any atom is 0.163 e. The summed E-state index contributed by atoms with van der Waals surface area (Å²) >= 11 is 0. The van der Waals surface area contributed by atoms with Gasteiger partial charge in [-0.2, -0.15) is 0 Å². The van der Waals surface area contributed by atoms with Crippen molar-refractivity contribution in [2.75, 3.05) is 28.4 Å². The highest BCUT2D eigenvalue weighted by Crippen LogP contribution is 2.26. The van der Waals surface area contributed by atoms with Gasteiger partial charge in [-0.3, -0.25) is 9.59 Å². The molecule has 2 aromatic rings. The summed E-state index contributed by atoms with van der Waals surface area (Å²) in [4.78, 5) is 24.3. The number of methoxy groups -OCH3 is 4. The second-order valence-corrected chi connectivity index (χ2v) is 5.99. The molecule has 0 fully saturated rings. The van der Waals surface area contributed by atoms with Crippen molar-refractivity contribution in [3.63, 3.8) is 0 Å². The number of carbonyl (C=O) groups excluding carboxylic acids is 2. The van der Waals surface area contributed by atoms with Gasteiger partial charge in [-0.05, 0) is 60.7 Å². The molecule has 0 atom stereocenters. The number of allylic oxidation sites excluding steroid dienone is 2.